The lowest BCUT2D eigenvalue weighted by molar-refractivity contribution is 0.148. The fourth-order valence-corrected chi connectivity index (χ4v) is 1.92. The maximum absolute atomic E-state index is 12.0. The first kappa shape index (κ1) is 15.0. The van der Waals surface area contributed by atoms with E-state index in [2.05, 4.69) is 10.3 Å². The van der Waals surface area contributed by atoms with Crippen LogP contribution in [0.2, 0.25) is 0 Å². The van der Waals surface area contributed by atoms with Crippen molar-refractivity contribution < 1.29 is 13.6 Å². The number of nitrogens with one attached hydrogen (secondary N) is 3. The SMILES string of the molecule is CCc1cc(=O)c2cc(NC(=O)NCC(F)F)ccc2[nH]1. The minimum Gasteiger partial charge on any atom is -0.358 e. The number of H-pyrrole nitrogens is 1. The van der Waals surface area contributed by atoms with Gasteiger partial charge in [0.1, 0.15) is 0 Å². The molecule has 0 aliphatic heterocycles. The smallest absolute Gasteiger partial charge is 0.319 e. The highest BCUT2D eigenvalue weighted by Crippen LogP contribution is 2.15. The number of pyridine rings is 1. The normalized spacial score (nSPS) is 10.9. The number of amides is 2. The van der Waals surface area contributed by atoms with Crippen molar-refractivity contribution in [2.24, 2.45) is 0 Å². The number of benzene rings is 1. The zero-order valence-corrected chi connectivity index (χ0v) is 11.4. The van der Waals surface area contributed by atoms with E-state index in [4.69, 9.17) is 0 Å². The van der Waals surface area contributed by atoms with Gasteiger partial charge < -0.3 is 15.6 Å². The van der Waals surface area contributed by atoms with Crippen molar-refractivity contribution in [3.05, 3.63) is 40.2 Å². The molecule has 5 nitrogen and oxygen atoms in total. The Morgan fingerprint density at radius 2 is 2.10 bits per heavy atom. The molecule has 0 spiro atoms. The predicted molar refractivity (Wildman–Crippen MR) is 77.0 cm³/mol. The largest absolute Gasteiger partial charge is 0.358 e. The molecule has 0 unspecified atom stereocenters. The van der Waals surface area contributed by atoms with E-state index in [0.717, 1.165) is 5.69 Å². The predicted octanol–water partition coefficient (Wildman–Crippen LogP) is 2.48. The Morgan fingerprint density at radius 1 is 1.33 bits per heavy atom. The molecule has 2 amide bonds. The number of urea groups is 1. The Kier molecular flexibility index (Phi) is 4.52. The number of halogens is 2. The molecule has 3 N–H and O–H groups in total. The molecule has 0 bridgehead atoms. The lowest BCUT2D eigenvalue weighted by Crippen LogP contribution is -2.32. The van der Waals surface area contributed by atoms with Crippen molar-refractivity contribution in [3.63, 3.8) is 0 Å². The molecule has 0 saturated heterocycles. The molecular weight excluding hydrogens is 280 g/mol. The van der Waals surface area contributed by atoms with Crippen LogP contribution in [-0.4, -0.2) is 24.0 Å². The summed E-state index contributed by atoms with van der Waals surface area (Å²) in [5.41, 5.74) is 1.70. The molecule has 1 heterocycles. The van der Waals surface area contributed by atoms with Crippen LogP contribution in [0.5, 0.6) is 0 Å². The van der Waals surface area contributed by atoms with Gasteiger partial charge in [-0.15, -0.1) is 0 Å². The fourth-order valence-electron chi connectivity index (χ4n) is 1.92. The molecule has 0 saturated carbocycles. The molecule has 2 aromatic rings. The number of anilines is 1. The number of carbonyl (C=O) groups is 1. The molecule has 2 rings (SSSR count). The highest BCUT2D eigenvalue weighted by Gasteiger charge is 2.08. The van der Waals surface area contributed by atoms with E-state index in [1.54, 1.807) is 12.1 Å². The van der Waals surface area contributed by atoms with Crippen molar-refractivity contribution in [2.45, 2.75) is 19.8 Å². The molecule has 0 aliphatic carbocycles. The Labute approximate surface area is 119 Å². The average molecular weight is 295 g/mol. The number of fused-ring (bicyclic) bond motifs is 1. The molecular formula is C14H15F2N3O2. The summed E-state index contributed by atoms with van der Waals surface area (Å²) in [7, 11) is 0. The van der Waals surface area contributed by atoms with E-state index in [9.17, 15) is 18.4 Å². The molecule has 0 atom stereocenters. The van der Waals surface area contributed by atoms with Gasteiger partial charge in [0.25, 0.3) is 6.43 Å². The van der Waals surface area contributed by atoms with E-state index in [1.807, 2.05) is 12.2 Å². The second-order valence-electron chi connectivity index (χ2n) is 4.50. The van der Waals surface area contributed by atoms with Crippen LogP contribution in [-0.2, 0) is 6.42 Å². The zero-order valence-electron chi connectivity index (χ0n) is 11.4. The van der Waals surface area contributed by atoms with Crippen LogP contribution in [0.25, 0.3) is 10.9 Å². The first-order chi connectivity index (χ1) is 9.99. The molecule has 0 fully saturated rings. The zero-order chi connectivity index (χ0) is 15.4. The van der Waals surface area contributed by atoms with E-state index in [0.29, 0.717) is 23.0 Å². The maximum Gasteiger partial charge on any atom is 0.319 e. The van der Waals surface area contributed by atoms with E-state index >= 15 is 0 Å². The number of aromatic nitrogens is 1. The van der Waals surface area contributed by atoms with Gasteiger partial charge in [0.15, 0.2) is 5.43 Å². The number of hydrogen-bond donors (Lipinski definition) is 3. The van der Waals surface area contributed by atoms with Gasteiger partial charge in [0.2, 0.25) is 0 Å². The monoisotopic (exact) mass is 295 g/mol. The van der Waals surface area contributed by atoms with Gasteiger partial charge in [-0.05, 0) is 24.6 Å². The summed E-state index contributed by atoms with van der Waals surface area (Å²) in [5.74, 6) is 0. The minimum atomic E-state index is -2.61. The van der Waals surface area contributed by atoms with Crippen molar-refractivity contribution in [2.75, 3.05) is 11.9 Å². The summed E-state index contributed by atoms with van der Waals surface area (Å²) >= 11 is 0. The van der Waals surface area contributed by atoms with Gasteiger partial charge in [0.05, 0.1) is 6.54 Å². The van der Waals surface area contributed by atoms with Crippen LogP contribution < -0.4 is 16.1 Å². The molecule has 0 aliphatic rings. The van der Waals surface area contributed by atoms with Crippen molar-refractivity contribution in [1.29, 1.82) is 0 Å². The van der Waals surface area contributed by atoms with E-state index in [-0.39, 0.29) is 5.43 Å². The Balaban J connectivity index is 2.21. The van der Waals surface area contributed by atoms with Crippen LogP contribution in [0.3, 0.4) is 0 Å². The second kappa shape index (κ2) is 6.34. The van der Waals surface area contributed by atoms with Gasteiger partial charge in [-0.25, -0.2) is 13.6 Å². The Hall–Kier alpha value is -2.44. The van der Waals surface area contributed by atoms with Crippen LogP contribution in [0.15, 0.2) is 29.1 Å². The Bertz CT molecular complexity index is 713. The summed E-state index contributed by atoms with van der Waals surface area (Å²) in [5, 5.41) is 4.86. The highest BCUT2D eigenvalue weighted by atomic mass is 19.3. The quantitative estimate of drug-likeness (QED) is 0.810. The summed E-state index contributed by atoms with van der Waals surface area (Å²) in [6.07, 6.45) is -1.90. The topological polar surface area (TPSA) is 74.0 Å². The molecule has 7 heteroatoms. The number of hydrogen-bond acceptors (Lipinski definition) is 2. The summed E-state index contributed by atoms with van der Waals surface area (Å²) in [6.45, 7) is 1.21. The Morgan fingerprint density at radius 3 is 2.76 bits per heavy atom. The van der Waals surface area contributed by atoms with Crippen molar-refractivity contribution >= 4 is 22.6 Å². The molecule has 0 radical (unpaired) electrons. The maximum atomic E-state index is 12.0. The number of alkyl halides is 2. The lowest BCUT2D eigenvalue weighted by Gasteiger charge is -2.08. The molecule has 21 heavy (non-hydrogen) atoms. The summed E-state index contributed by atoms with van der Waals surface area (Å²) in [4.78, 5) is 26.5. The first-order valence-corrected chi connectivity index (χ1v) is 6.48. The van der Waals surface area contributed by atoms with E-state index < -0.39 is 19.0 Å². The summed E-state index contributed by atoms with van der Waals surface area (Å²) < 4.78 is 24.0. The third-order valence-corrected chi connectivity index (χ3v) is 2.94. The van der Waals surface area contributed by atoms with E-state index in [1.165, 1.54) is 12.1 Å². The number of aromatic amines is 1. The van der Waals surface area contributed by atoms with Gasteiger partial charge in [0, 0.05) is 28.4 Å². The molecule has 1 aromatic heterocycles. The number of carbonyl (C=O) groups excluding carboxylic acids is 1. The molecule has 112 valence electrons. The highest BCUT2D eigenvalue weighted by molar-refractivity contribution is 5.92. The van der Waals surface area contributed by atoms with Crippen LogP contribution >= 0.6 is 0 Å². The molecule has 1 aromatic carbocycles. The lowest BCUT2D eigenvalue weighted by atomic mass is 10.1. The average Bonchev–Trinajstić information content (AvgIpc) is 2.45. The third-order valence-electron chi connectivity index (χ3n) is 2.94. The van der Waals surface area contributed by atoms with Crippen LogP contribution in [0.1, 0.15) is 12.6 Å². The standard InChI is InChI=1S/C14H15F2N3O2/c1-2-8-6-12(20)10-5-9(3-4-11(10)18-8)19-14(21)17-7-13(15)16/h3-6,13H,2,7H2,1H3,(H,18,20)(H2,17,19,21). The number of aryl methyl sites for hydroxylation is 1. The van der Waals surface area contributed by atoms with Gasteiger partial charge >= 0.3 is 6.03 Å². The van der Waals surface area contributed by atoms with Gasteiger partial charge in [-0.3, -0.25) is 4.79 Å². The van der Waals surface area contributed by atoms with Crippen molar-refractivity contribution in [3.8, 4) is 0 Å². The fraction of sp³-hybridized carbons (Fsp3) is 0.286. The number of rotatable bonds is 4. The van der Waals surface area contributed by atoms with Gasteiger partial charge in [-0.2, -0.15) is 0 Å². The van der Waals surface area contributed by atoms with Crippen molar-refractivity contribution in [1.82, 2.24) is 10.3 Å². The second-order valence-corrected chi connectivity index (χ2v) is 4.50. The summed E-state index contributed by atoms with van der Waals surface area (Å²) in [6, 6.07) is 5.54. The van der Waals surface area contributed by atoms with Crippen LogP contribution in [0, 0.1) is 0 Å². The third kappa shape index (κ3) is 3.77. The van der Waals surface area contributed by atoms with Crippen LogP contribution in [0.4, 0.5) is 19.3 Å². The van der Waals surface area contributed by atoms with Gasteiger partial charge in [-0.1, -0.05) is 6.92 Å². The minimum absolute atomic E-state index is 0.155. The first-order valence-electron chi connectivity index (χ1n) is 6.48.